The van der Waals surface area contributed by atoms with Crippen molar-refractivity contribution in [3.05, 3.63) is 64.7 Å². The van der Waals surface area contributed by atoms with Crippen LogP contribution in [0.4, 0.5) is 0 Å². The lowest BCUT2D eigenvalue weighted by atomic mass is 10.1. The van der Waals surface area contributed by atoms with Crippen LogP contribution in [0, 0.1) is 13.8 Å². The van der Waals surface area contributed by atoms with Crippen molar-refractivity contribution in [2.45, 2.75) is 31.8 Å². The molecule has 0 saturated heterocycles. The van der Waals surface area contributed by atoms with Crippen molar-refractivity contribution in [2.75, 3.05) is 0 Å². The van der Waals surface area contributed by atoms with Gasteiger partial charge in [0, 0.05) is 13.1 Å². The zero-order valence-electron chi connectivity index (χ0n) is 12.3. The van der Waals surface area contributed by atoms with Crippen molar-refractivity contribution in [1.29, 1.82) is 0 Å². The molecule has 0 spiro atoms. The highest BCUT2D eigenvalue weighted by Gasteiger charge is 2.06. The number of nitrogens with one attached hydrogen (secondary N) is 1. The number of sulfonamides is 1. The maximum atomic E-state index is 11.2. The van der Waals surface area contributed by atoms with Crippen LogP contribution in [0.1, 0.15) is 22.3 Å². The van der Waals surface area contributed by atoms with Gasteiger partial charge in [0.1, 0.15) is 0 Å². The fourth-order valence-electron chi connectivity index (χ4n) is 2.18. The average molecular weight is 304 g/mol. The molecule has 21 heavy (non-hydrogen) atoms. The van der Waals surface area contributed by atoms with Crippen LogP contribution in [0.25, 0.3) is 0 Å². The summed E-state index contributed by atoms with van der Waals surface area (Å²) < 4.78 is 22.3. The second kappa shape index (κ2) is 6.39. The molecular formula is C16H20N2O2S. The van der Waals surface area contributed by atoms with Gasteiger partial charge in [-0.05, 0) is 42.7 Å². The highest BCUT2D eigenvalue weighted by atomic mass is 32.2. The van der Waals surface area contributed by atoms with Gasteiger partial charge in [0.05, 0.1) is 4.90 Å². The summed E-state index contributed by atoms with van der Waals surface area (Å²) in [7, 11) is -3.61. The molecule has 2 rings (SSSR count). The van der Waals surface area contributed by atoms with E-state index >= 15 is 0 Å². The monoisotopic (exact) mass is 304 g/mol. The number of aryl methyl sites for hydroxylation is 2. The molecule has 0 amide bonds. The Bertz CT molecular complexity index is 722. The second-order valence-electron chi connectivity index (χ2n) is 5.22. The van der Waals surface area contributed by atoms with Gasteiger partial charge in [0.15, 0.2) is 0 Å². The van der Waals surface area contributed by atoms with E-state index in [1.165, 1.54) is 28.8 Å². The molecule has 0 saturated carbocycles. The van der Waals surface area contributed by atoms with Crippen molar-refractivity contribution < 1.29 is 8.42 Å². The van der Waals surface area contributed by atoms with Crippen LogP contribution in [-0.4, -0.2) is 8.42 Å². The first-order valence-corrected chi connectivity index (χ1v) is 8.29. The lowest BCUT2D eigenvalue weighted by molar-refractivity contribution is 0.597. The van der Waals surface area contributed by atoms with E-state index in [0.29, 0.717) is 6.54 Å². The van der Waals surface area contributed by atoms with Gasteiger partial charge in [-0.2, -0.15) is 0 Å². The van der Waals surface area contributed by atoms with Gasteiger partial charge in [-0.1, -0.05) is 35.9 Å². The van der Waals surface area contributed by atoms with Gasteiger partial charge < -0.3 is 5.32 Å². The minimum Gasteiger partial charge on any atom is -0.309 e. The second-order valence-corrected chi connectivity index (χ2v) is 6.78. The molecule has 5 heteroatoms. The van der Waals surface area contributed by atoms with Crippen molar-refractivity contribution >= 4 is 10.0 Å². The molecule has 0 aromatic heterocycles. The number of hydrogen-bond donors (Lipinski definition) is 2. The number of hydrogen-bond acceptors (Lipinski definition) is 3. The van der Waals surface area contributed by atoms with Gasteiger partial charge in [0.2, 0.25) is 10.0 Å². The van der Waals surface area contributed by atoms with E-state index in [9.17, 15) is 8.42 Å². The van der Waals surface area contributed by atoms with Crippen LogP contribution < -0.4 is 10.5 Å². The number of primary sulfonamides is 1. The molecule has 112 valence electrons. The largest absolute Gasteiger partial charge is 0.309 e. The molecule has 3 N–H and O–H groups in total. The van der Waals surface area contributed by atoms with E-state index < -0.39 is 10.0 Å². The smallest absolute Gasteiger partial charge is 0.238 e. The molecule has 0 fully saturated rings. The standard InChI is InChI=1S/C16H20N2O2S/c1-12-3-6-15(13(2)9-12)11-18-10-14-4-7-16(8-5-14)21(17,19)20/h3-9,18H,10-11H2,1-2H3,(H2,17,19,20). The molecule has 0 aliphatic heterocycles. The topological polar surface area (TPSA) is 72.2 Å². The normalized spacial score (nSPS) is 11.6. The Labute approximate surface area is 126 Å². The van der Waals surface area contributed by atoms with Crippen LogP contribution >= 0.6 is 0 Å². The highest BCUT2D eigenvalue weighted by Crippen LogP contribution is 2.11. The van der Waals surface area contributed by atoms with Gasteiger partial charge in [0.25, 0.3) is 0 Å². The molecular weight excluding hydrogens is 284 g/mol. The van der Waals surface area contributed by atoms with E-state index in [0.717, 1.165) is 12.1 Å². The highest BCUT2D eigenvalue weighted by molar-refractivity contribution is 7.89. The molecule has 0 bridgehead atoms. The van der Waals surface area contributed by atoms with Gasteiger partial charge >= 0.3 is 0 Å². The van der Waals surface area contributed by atoms with Crippen molar-refractivity contribution in [3.63, 3.8) is 0 Å². The predicted octanol–water partition coefficient (Wildman–Crippen LogP) is 2.24. The van der Waals surface area contributed by atoms with E-state index in [2.05, 4.69) is 37.4 Å². The van der Waals surface area contributed by atoms with Gasteiger partial charge in [-0.3, -0.25) is 0 Å². The zero-order chi connectivity index (χ0) is 15.5. The van der Waals surface area contributed by atoms with Crippen LogP contribution in [0.3, 0.4) is 0 Å². The zero-order valence-corrected chi connectivity index (χ0v) is 13.1. The van der Waals surface area contributed by atoms with Crippen LogP contribution in [0.15, 0.2) is 47.4 Å². The summed E-state index contributed by atoms with van der Waals surface area (Å²) in [4.78, 5) is 0.139. The van der Waals surface area contributed by atoms with Crippen molar-refractivity contribution in [1.82, 2.24) is 5.32 Å². The molecule has 0 radical (unpaired) electrons. The maximum absolute atomic E-state index is 11.2. The fourth-order valence-corrected chi connectivity index (χ4v) is 2.70. The van der Waals surface area contributed by atoms with Gasteiger partial charge in [-0.25, -0.2) is 13.6 Å². The van der Waals surface area contributed by atoms with Crippen LogP contribution in [0.5, 0.6) is 0 Å². The van der Waals surface area contributed by atoms with Crippen molar-refractivity contribution in [3.8, 4) is 0 Å². The third kappa shape index (κ3) is 4.39. The number of rotatable bonds is 5. The molecule has 0 aliphatic carbocycles. The summed E-state index contributed by atoms with van der Waals surface area (Å²) in [6.45, 7) is 5.64. The van der Waals surface area contributed by atoms with E-state index in [1.807, 2.05) is 0 Å². The van der Waals surface area contributed by atoms with Crippen molar-refractivity contribution in [2.24, 2.45) is 5.14 Å². The Morgan fingerprint density at radius 2 is 1.67 bits per heavy atom. The first-order valence-electron chi connectivity index (χ1n) is 6.75. The molecule has 0 aliphatic rings. The Morgan fingerprint density at radius 3 is 2.24 bits per heavy atom. The summed E-state index contributed by atoms with van der Waals surface area (Å²) in [5.74, 6) is 0. The molecule has 0 atom stereocenters. The van der Waals surface area contributed by atoms with E-state index in [4.69, 9.17) is 5.14 Å². The predicted molar refractivity (Wildman–Crippen MR) is 84.3 cm³/mol. The lowest BCUT2D eigenvalue weighted by Crippen LogP contribution is -2.14. The number of benzene rings is 2. The molecule has 2 aromatic rings. The summed E-state index contributed by atoms with van der Waals surface area (Å²) in [6, 6.07) is 13.0. The summed E-state index contributed by atoms with van der Waals surface area (Å²) in [6.07, 6.45) is 0. The summed E-state index contributed by atoms with van der Waals surface area (Å²) >= 11 is 0. The summed E-state index contributed by atoms with van der Waals surface area (Å²) in [5.41, 5.74) is 4.82. The fraction of sp³-hybridized carbons (Fsp3) is 0.250. The molecule has 0 heterocycles. The van der Waals surface area contributed by atoms with Gasteiger partial charge in [-0.15, -0.1) is 0 Å². The lowest BCUT2D eigenvalue weighted by Gasteiger charge is -2.09. The van der Waals surface area contributed by atoms with E-state index in [-0.39, 0.29) is 4.90 Å². The van der Waals surface area contributed by atoms with Crippen LogP contribution in [-0.2, 0) is 23.1 Å². The minimum atomic E-state index is -3.61. The quantitative estimate of drug-likeness (QED) is 0.890. The third-order valence-electron chi connectivity index (χ3n) is 3.39. The Balaban J connectivity index is 1.94. The Morgan fingerprint density at radius 1 is 1.00 bits per heavy atom. The first kappa shape index (κ1) is 15.7. The molecule has 2 aromatic carbocycles. The first-order chi connectivity index (χ1) is 9.86. The average Bonchev–Trinajstić information content (AvgIpc) is 2.41. The Kier molecular flexibility index (Phi) is 4.77. The Hall–Kier alpha value is -1.69. The molecule has 4 nitrogen and oxygen atoms in total. The SMILES string of the molecule is Cc1ccc(CNCc2ccc(S(N)(=O)=O)cc2)c(C)c1. The summed E-state index contributed by atoms with van der Waals surface area (Å²) in [5, 5.41) is 8.42. The third-order valence-corrected chi connectivity index (χ3v) is 4.32. The van der Waals surface area contributed by atoms with E-state index in [1.54, 1.807) is 12.1 Å². The number of nitrogens with two attached hydrogens (primary N) is 1. The maximum Gasteiger partial charge on any atom is 0.238 e. The molecule has 0 unspecified atom stereocenters. The van der Waals surface area contributed by atoms with Crippen LogP contribution in [0.2, 0.25) is 0 Å². The minimum absolute atomic E-state index is 0.139.